The summed E-state index contributed by atoms with van der Waals surface area (Å²) in [6, 6.07) is 0. The minimum absolute atomic E-state index is 0.621. The Labute approximate surface area is 80.5 Å². The van der Waals surface area contributed by atoms with E-state index in [9.17, 15) is 13.2 Å². The van der Waals surface area contributed by atoms with Crippen molar-refractivity contribution in [3.63, 3.8) is 0 Å². The molecule has 11 heavy (non-hydrogen) atoms. The van der Waals surface area contributed by atoms with Gasteiger partial charge in [0.25, 0.3) is 0 Å². The zero-order valence-corrected chi connectivity index (χ0v) is 10.8. The van der Waals surface area contributed by atoms with Gasteiger partial charge in [-0.15, -0.1) is 0 Å². The third kappa shape index (κ3) is 7.62. The van der Waals surface area contributed by atoms with Gasteiger partial charge in [0.1, 0.15) is 0 Å². The van der Waals surface area contributed by atoms with Gasteiger partial charge in [0.15, 0.2) is 0 Å². The topological polar surface area (TPSA) is 0 Å². The van der Waals surface area contributed by atoms with E-state index in [1.807, 2.05) is 6.92 Å². The third-order valence-corrected chi connectivity index (χ3v) is 10.3. The number of halogens is 5. The van der Waals surface area contributed by atoms with E-state index in [2.05, 4.69) is 28.2 Å². The van der Waals surface area contributed by atoms with Gasteiger partial charge in [-0.05, 0) is 0 Å². The molecule has 0 nitrogen and oxygen atoms in total. The fraction of sp³-hybridized carbons (Fsp3) is 1.00. The Kier molecular flexibility index (Phi) is 5.01. The summed E-state index contributed by atoms with van der Waals surface area (Å²) in [5, 5.41) is -0.0622. The van der Waals surface area contributed by atoms with Gasteiger partial charge >= 0.3 is 80.8 Å². The summed E-state index contributed by atoms with van der Waals surface area (Å²) >= 11 is 6.26. The molecule has 0 aromatic heterocycles. The van der Waals surface area contributed by atoms with Crippen molar-refractivity contribution in [1.82, 2.24) is 0 Å². The van der Waals surface area contributed by atoms with Gasteiger partial charge < -0.3 is 0 Å². The van der Waals surface area contributed by atoms with Crippen LogP contribution < -0.4 is 0 Å². The Morgan fingerprint density at radius 2 is 1.73 bits per heavy atom. The number of alkyl halides is 3. The van der Waals surface area contributed by atoms with E-state index in [4.69, 9.17) is 0 Å². The second-order valence-corrected chi connectivity index (χ2v) is 24.0. The van der Waals surface area contributed by atoms with Gasteiger partial charge in [-0.1, -0.05) is 0 Å². The van der Waals surface area contributed by atoms with Crippen molar-refractivity contribution in [3.8, 4) is 0 Å². The summed E-state index contributed by atoms with van der Waals surface area (Å²) in [5.41, 5.74) is 0. The Bertz CT molecular complexity index is 123. The number of hydrogen-bond donors (Lipinski definition) is 0. The van der Waals surface area contributed by atoms with Crippen molar-refractivity contribution in [1.29, 1.82) is 0 Å². The Hall–Kier alpha value is 1.27. The molecule has 0 spiro atoms. The average Bonchev–Trinajstić information content (AvgIpc) is 1.55. The van der Waals surface area contributed by atoms with E-state index < -0.39 is 20.7 Å². The van der Waals surface area contributed by atoms with Crippen LogP contribution in [0.2, 0.25) is 10.6 Å². The van der Waals surface area contributed by atoms with Gasteiger partial charge in [0.05, 0.1) is 0 Å². The average molecular weight is 365 g/mol. The van der Waals surface area contributed by atoms with Crippen molar-refractivity contribution >= 4 is 37.4 Å². The van der Waals surface area contributed by atoms with Crippen LogP contribution in [0.5, 0.6) is 0 Å². The molecule has 0 aromatic carbocycles. The molecule has 0 aliphatic carbocycles. The summed E-state index contributed by atoms with van der Waals surface area (Å²) in [6.07, 6.45) is -3.26. The summed E-state index contributed by atoms with van der Waals surface area (Å²) in [5.74, 6) is 0. The molecule has 70 valence electrons. The second-order valence-electron chi connectivity index (χ2n) is 2.16. The Morgan fingerprint density at radius 1 is 1.27 bits per heavy atom. The van der Waals surface area contributed by atoms with Gasteiger partial charge in [-0.25, -0.2) is 0 Å². The van der Waals surface area contributed by atoms with Crippen LogP contribution in [0.1, 0.15) is 13.3 Å². The van der Waals surface area contributed by atoms with E-state index in [-0.39, 0.29) is 0 Å². The van der Waals surface area contributed by atoms with Crippen LogP contribution >= 0.6 is 28.2 Å². The van der Waals surface area contributed by atoms with Crippen LogP contribution in [0.4, 0.5) is 13.2 Å². The summed E-state index contributed by atoms with van der Waals surface area (Å²) in [7, 11) is -2.51. The monoisotopic (exact) mass is 364 g/mol. The molecule has 0 aliphatic rings. The van der Waals surface area contributed by atoms with Gasteiger partial charge in [-0.3, -0.25) is 0 Å². The van der Waals surface area contributed by atoms with Gasteiger partial charge in [0, 0.05) is 0 Å². The Balaban J connectivity index is 3.91. The predicted octanol–water partition coefficient (Wildman–Crippen LogP) is 4.19. The number of rotatable bonds is 3. The fourth-order valence-corrected chi connectivity index (χ4v) is 9.23. The molecule has 0 heterocycles. The van der Waals surface area contributed by atoms with E-state index >= 15 is 0 Å². The molecule has 0 rings (SSSR count). The van der Waals surface area contributed by atoms with Crippen LogP contribution in [0.3, 0.4) is 0 Å². The van der Waals surface area contributed by atoms with Crippen LogP contribution in [0, 0.1) is 0 Å². The van der Waals surface area contributed by atoms with Crippen LogP contribution in [0.15, 0.2) is 0 Å². The molecule has 0 radical (unpaired) electrons. The number of hydrogen-bond acceptors (Lipinski definition) is 0. The molecule has 0 saturated carbocycles. The molecule has 0 aliphatic heterocycles. The van der Waals surface area contributed by atoms with Crippen molar-refractivity contribution < 1.29 is 13.2 Å². The first-order valence-corrected chi connectivity index (χ1v) is 13.5. The maximum atomic E-state index is 11.9. The van der Waals surface area contributed by atoms with Crippen molar-refractivity contribution in [2.45, 2.75) is 30.2 Å². The van der Waals surface area contributed by atoms with Crippen molar-refractivity contribution in [2.24, 2.45) is 0 Å². The molecule has 0 unspecified atom stereocenters. The zero-order valence-electron chi connectivity index (χ0n) is 5.92. The van der Waals surface area contributed by atoms with Crippen LogP contribution in [-0.2, 0) is 0 Å². The summed E-state index contributed by atoms with van der Waals surface area (Å²) in [4.78, 5) is 0. The Morgan fingerprint density at radius 3 is 2.00 bits per heavy atom. The predicted molar refractivity (Wildman–Crippen MR) is 49.6 cm³/mol. The molecular weight excluding hydrogens is 356 g/mol. The third-order valence-electron chi connectivity index (χ3n) is 0.878. The molecular formula is C5H9Br2F3Se. The normalized spacial score (nSPS) is 15.1. The molecule has 0 amide bonds. The standard InChI is InChI=1S/C5H9Br2F3Se/c1-2-3-11(6,7)4-5(8,9)10/h2-4H2,1H3. The summed E-state index contributed by atoms with van der Waals surface area (Å²) < 4.78 is 35.6. The minimum atomic E-state index is -4.04. The molecule has 6 heteroatoms. The van der Waals surface area contributed by atoms with Gasteiger partial charge in [0.2, 0.25) is 0 Å². The fourth-order valence-electron chi connectivity index (χ4n) is 0.610. The summed E-state index contributed by atoms with van der Waals surface area (Å²) in [6.45, 7) is 1.88. The van der Waals surface area contributed by atoms with Crippen molar-refractivity contribution in [2.75, 3.05) is 0 Å². The van der Waals surface area contributed by atoms with E-state index in [1.54, 1.807) is 0 Å². The first-order valence-electron chi connectivity index (χ1n) is 3.01. The van der Waals surface area contributed by atoms with Gasteiger partial charge in [-0.2, -0.15) is 0 Å². The quantitative estimate of drug-likeness (QED) is 0.659. The SMILES string of the molecule is CCC[Se](Br)(Br)CC(F)(F)F. The molecule has 0 N–H and O–H groups in total. The van der Waals surface area contributed by atoms with Crippen LogP contribution in [-0.4, -0.2) is 15.4 Å². The van der Waals surface area contributed by atoms with Crippen LogP contribution in [0.25, 0.3) is 0 Å². The van der Waals surface area contributed by atoms with Crippen molar-refractivity contribution in [3.05, 3.63) is 0 Å². The maximum absolute atomic E-state index is 11.9. The molecule has 0 fully saturated rings. The first-order chi connectivity index (χ1) is 4.77. The first kappa shape index (κ1) is 12.3. The molecule has 0 aromatic rings. The second kappa shape index (κ2) is 4.49. The molecule has 0 bridgehead atoms. The van der Waals surface area contributed by atoms with E-state index in [0.717, 1.165) is 6.42 Å². The molecule has 0 atom stereocenters. The van der Waals surface area contributed by atoms with E-state index in [0.29, 0.717) is 5.32 Å². The zero-order chi connectivity index (χ0) is 9.12. The van der Waals surface area contributed by atoms with E-state index in [1.165, 1.54) is 0 Å². The molecule has 0 saturated heterocycles.